The summed E-state index contributed by atoms with van der Waals surface area (Å²) in [5.74, 6) is 0.299. The summed E-state index contributed by atoms with van der Waals surface area (Å²) in [6, 6.07) is 2.71. The molecule has 0 aromatic rings. The van der Waals surface area contributed by atoms with Gasteiger partial charge in [-0.3, -0.25) is 0 Å². The van der Waals surface area contributed by atoms with E-state index in [2.05, 4.69) is 27.7 Å². The first-order chi connectivity index (χ1) is 12.3. The van der Waals surface area contributed by atoms with Gasteiger partial charge in [0.05, 0.1) is 19.0 Å². The highest BCUT2D eigenvalue weighted by atomic mass is 28.2. The first-order valence-electron chi connectivity index (χ1n) is 10.7. The second-order valence-electron chi connectivity index (χ2n) is 6.44. The van der Waals surface area contributed by atoms with Crippen molar-refractivity contribution in [2.24, 2.45) is 0 Å². The predicted molar refractivity (Wildman–Crippen MR) is 113 cm³/mol. The van der Waals surface area contributed by atoms with Crippen molar-refractivity contribution in [3.8, 4) is 0 Å². The van der Waals surface area contributed by atoms with E-state index in [0.29, 0.717) is 0 Å². The van der Waals surface area contributed by atoms with Crippen LogP contribution in [0, 0.1) is 0 Å². The Morgan fingerprint density at radius 2 is 0.760 bits per heavy atom. The van der Waals surface area contributed by atoms with E-state index in [1.54, 1.807) is 0 Å². The molecule has 0 aliphatic heterocycles. The van der Waals surface area contributed by atoms with Gasteiger partial charge in [-0.2, -0.15) is 0 Å². The topological polar surface area (TPSA) is 36.9 Å². The van der Waals surface area contributed by atoms with Gasteiger partial charge < -0.3 is 18.9 Å². The fraction of sp³-hybridized carbons (Fsp3) is 1.00. The van der Waals surface area contributed by atoms with Crippen LogP contribution in [0.25, 0.3) is 0 Å². The molecule has 0 fully saturated rings. The Morgan fingerprint density at radius 1 is 0.480 bits per heavy atom. The third-order valence-electron chi connectivity index (χ3n) is 4.29. The van der Waals surface area contributed by atoms with Gasteiger partial charge in [-0.05, 0) is 27.7 Å². The van der Waals surface area contributed by atoms with Crippen LogP contribution in [0.3, 0.4) is 0 Å². The van der Waals surface area contributed by atoms with Crippen molar-refractivity contribution in [2.45, 2.75) is 96.6 Å². The summed E-state index contributed by atoms with van der Waals surface area (Å²) >= 11 is 0. The second kappa shape index (κ2) is 20.6. The average Bonchev–Trinajstić information content (AvgIpc) is 2.60. The van der Waals surface area contributed by atoms with Crippen molar-refractivity contribution in [2.75, 3.05) is 26.4 Å². The number of rotatable bonds is 20. The molecule has 6 heteroatoms. The largest absolute Gasteiger partial charge is 0.357 e. The molecular formula is C19H44O4Si2. The second-order valence-corrected chi connectivity index (χ2v) is 10.3. The lowest BCUT2D eigenvalue weighted by Gasteiger charge is -2.16. The summed E-state index contributed by atoms with van der Waals surface area (Å²) in [5, 5.41) is 0. The molecule has 0 saturated heterocycles. The molecule has 0 aliphatic carbocycles. The fourth-order valence-corrected chi connectivity index (χ4v) is 6.59. The maximum Gasteiger partial charge on any atom is 0.134 e. The van der Waals surface area contributed by atoms with E-state index in [1.807, 2.05) is 0 Å². The van der Waals surface area contributed by atoms with E-state index < -0.39 is 0 Å². The molecule has 0 radical (unpaired) electrons. The maximum absolute atomic E-state index is 5.64. The molecule has 0 bridgehead atoms. The molecule has 0 heterocycles. The Kier molecular flexibility index (Phi) is 20.8. The van der Waals surface area contributed by atoms with Crippen molar-refractivity contribution in [3.05, 3.63) is 0 Å². The Labute approximate surface area is 161 Å². The summed E-state index contributed by atoms with van der Waals surface area (Å²) in [6.45, 7) is 11.3. The monoisotopic (exact) mass is 392 g/mol. The number of ether oxygens (including phenoxy) is 4. The quantitative estimate of drug-likeness (QED) is 0.180. The van der Waals surface area contributed by atoms with Crippen LogP contribution in [0.5, 0.6) is 0 Å². The molecule has 0 saturated carbocycles. The molecule has 152 valence electrons. The minimum atomic E-state index is -0.228. The molecule has 0 aliphatic rings. The zero-order valence-electron chi connectivity index (χ0n) is 17.4. The van der Waals surface area contributed by atoms with E-state index in [1.165, 1.54) is 57.0 Å². The summed E-state index contributed by atoms with van der Waals surface area (Å²) in [4.78, 5) is 0. The Balaban J connectivity index is 3.35. The fourth-order valence-electron chi connectivity index (χ4n) is 3.03. The van der Waals surface area contributed by atoms with E-state index in [4.69, 9.17) is 18.9 Å². The normalized spacial score (nSPS) is 12.7. The maximum atomic E-state index is 5.64. The van der Waals surface area contributed by atoms with Crippen molar-refractivity contribution in [1.82, 2.24) is 0 Å². The number of hydrogen-bond donors (Lipinski definition) is 0. The smallest absolute Gasteiger partial charge is 0.134 e. The van der Waals surface area contributed by atoms with Gasteiger partial charge in [-0.25, -0.2) is 0 Å². The van der Waals surface area contributed by atoms with Crippen LogP contribution >= 0.6 is 0 Å². The third-order valence-corrected chi connectivity index (χ3v) is 7.99. The van der Waals surface area contributed by atoms with Crippen LogP contribution in [0.4, 0.5) is 0 Å². The van der Waals surface area contributed by atoms with E-state index in [0.717, 1.165) is 26.4 Å². The van der Waals surface area contributed by atoms with Gasteiger partial charge >= 0.3 is 0 Å². The highest BCUT2D eigenvalue weighted by molar-refractivity contribution is 6.36. The SMILES string of the molecule is CCOC(OCC)[SiH2]CCCCCCCCC[SiH2]C(OCC)OCC. The minimum Gasteiger partial charge on any atom is -0.357 e. The highest BCUT2D eigenvalue weighted by Crippen LogP contribution is 2.11. The lowest BCUT2D eigenvalue weighted by atomic mass is 10.1. The first-order valence-corrected chi connectivity index (χ1v) is 14.4. The molecule has 0 rings (SSSR count). The van der Waals surface area contributed by atoms with Crippen LogP contribution in [0.15, 0.2) is 0 Å². The van der Waals surface area contributed by atoms with Crippen molar-refractivity contribution in [3.63, 3.8) is 0 Å². The van der Waals surface area contributed by atoms with E-state index in [9.17, 15) is 0 Å². The molecule has 4 nitrogen and oxygen atoms in total. The van der Waals surface area contributed by atoms with Gasteiger partial charge in [0.2, 0.25) is 0 Å². The lowest BCUT2D eigenvalue weighted by molar-refractivity contribution is -0.0830. The molecule has 0 aromatic heterocycles. The summed E-state index contributed by atoms with van der Waals surface area (Å²) in [7, 11) is -0.456. The highest BCUT2D eigenvalue weighted by Gasteiger charge is 2.08. The number of hydrogen-bond acceptors (Lipinski definition) is 4. The van der Waals surface area contributed by atoms with Gasteiger partial charge in [-0.1, -0.05) is 57.0 Å². The van der Waals surface area contributed by atoms with Crippen LogP contribution in [0.2, 0.25) is 12.1 Å². The summed E-state index contributed by atoms with van der Waals surface area (Å²) in [5.41, 5.74) is 0. The molecule has 25 heavy (non-hydrogen) atoms. The zero-order chi connectivity index (χ0) is 18.6. The molecular weight excluding hydrogens is 348 g/mol. The van der Waals surface area contributed by atoms with Gasteiger partial charge in [0.1, 0.15) is 11.8 Å². The molecule has 0 aromatic carbocycles. The first kappa shape index (κ1) is 25.3. The van der Waals surface area contributed by atoms with Gasteiger partial charge in [0.25, 0.3) is 0 Å². The standard InChI is InChI=1S/C19H44O4Si2/c1-5-20-18(21-6-2)24-16-14-12-10-9-11-13-15-17-25-19(22-7-3)23-8-4/h18-19H,5-17,24-25H2,1-4H3. The van der Waals surface area contributed by atoms with Crippen molar-refractivity contribution < 1.29 is 18.9 Å². The zero-order valence-corrected chi connectivity index (χ0v) is 20.2. The summed E-state index contributed by atoms with van der Waals surface area (Å²) in [6.07, 6.45) is 9.65. The van der Waals surface area contributed by atoms with Crippen LogP contribution in [-0.4, -0.2) is 57.3 Å². The van der Waals surface area contributed by atoms with Gasteiger partial charge in [0, 0.05) is 26.4 Å². The van der Waals surface area contributed by atoms with Gasteiger partial charge in [-0.15, -0.1) is 0 Å². The minimum absolute atomic E-state index is 0.149. The lowest BCUT2D eigenvalue weighted by Crippen LogP contribution is -2.24. The molecule has 0 atom stereocenters. The molecule has 0 N–H and O–H groups in total. The number of unbranched alkanes of at least 4 members (excludes halogenated alkanes) is 6. The Morgan fingerprint density at radius 3 is 1.04 bits per heavy atom. The van der Waals surface area contributed by atoms with Crippen LogP contribution in [-0.2, 0) is 18.9 Å². The van der Waals surface area contributed by atoms with E-state index in [-0.39, 0.29) is 30.9 Å². The van der Waals surface area contributed by atoms with E-state index >= 15 is 0 Å². The average molecular weight is 393 g/mol. The third kappa shape index (κ3) is 17.4. The molecule has 0 amide bonds. The molecule has 0 spiro atoms. The van der Waals surface area contributed by atoms with Crippen LogP contribution in [0.1, 0.15) is 72.6 Å². The van der Waals surface area contributed by atoms with Crippen molar-refractivity contribution in [1.29, 1.82) is 0 Å². The van der Waals surface area contributed by atoms with Crippen molar-refractivity contribution >= 4 is 19.0 Å². The molecule has 0 unspecified atom stereocenters. The Bertz CT molecular complexity index is 222. The van der Waals surface area contributed by atoms with Gasteiger partial charge in [0.15, 0.2) is 0 Å². The van der Waals surface area contributed by atoms with Crippen LogP contribution < -0.4 is 0 Å². The predicted octanol–water partition coefficient (Wildman–Crippen LogP) is 3.60. The summed E-state index contributed by atoms with van der Waals surface area (Å²) < 4.78 is 22.5. The Hall–Kier alpha value is 0.274.